The number of aromatic hydroxyl groups is 1. The first-order chi connectivity index (χ1) is 9.57. The minimum atomic E-state index is -0.0454. The lowest BCUT2D eigenvalue weighted by Gasteiger charge is -2.28. The van der Waals surface area contributed by atoms with Crippen LogP contribution in [0.3, 0.4) is 0 Å². The van der Waals surface area contributed by atoms with Crippen LogP contribution >= 0.6 is 11.6 Å². The van der Waals surface area contributed by atoms with Crippen LogP contribution in [0.2, 0.25) is 0 Å². The van der Waals surface area contributed by atoms with Crippen molar-refractivity contribution in [2.24, 2.45) is 0 Å². The fraction of sp³-hybridized carbons (Fsp3) is 0.684. The molecule has 0 saturated heterocycles. The van der Waals surface area contributed by atoms with E-state index in [1.165, 1.54) is 12.0 Å². The zero-order valence-electron chi connectivity index (χ0n) is 14.5. The Balaban J connectivity index is 3.15. The van der Waals surface area contributed by atoms with Crippen LogP contribution < -0.4 is 0 Å². The Labute approximate surface area is 135 Å². The lowest BCUT2D eigenvalue weighted by molar-refractivity contribution is 0.422. The average Bonchev–Trinajstić information content (AvgIpc) is 2.33. The Morgan fingerprint density at radius 2 is 1.33 bits per heavy atom. The molecule has 0 heterocycles. The second kappa shape index (κ2) is 7.05. The van der Waals surface area contributed by atoms with Crippen LogP contribution in [0.1, 0.15) is 77.5 Å². The Morgan fingerprint density at radius 3 is 1.71 bits per heavy atom. The molecule has 0 saturated carbocycles. The summed E-state index contributed by atoms with van der Waals surface area (Å²) in [5, 5.41) is 10.7. The fourth-order valence-corrected chi connectivity index (χ4v) is 2.77. The molecule has 0 aliphatic heterocycles. The molecule has 120 valence electrons. The predicted molar refractivity (Wildman–Crippen MR) is 93.8 cm³/mol. The molecule has 0 aromatic heterocycles. The number of phenols is 1. The van der Waals surface area contributed by atoms with Gasteiger partial charge in [-0.1, -0.05) is 60.1 Å². The van der Waals surface area contributed by atoms with E-state index >= 15 is 0 Å². The number of benzene rings is 1. The molecule has 1 nitrogen and oxygen atoms in total. The quantitative estimate of drug-likeness (QED) is 0.527. The summed E-state index contributed by atoms with van der Waals surface area (Å²) in [5.41, 5.74) is 3.36. The lowest BCUT2D eigenvalue weighted by atomic mass is 9.78. The highest BCUT2D eigenvalue weighted by molar-refractivity contribution is 6.17. The smallest absolute Gasteiger partial charge is 0.123 e. The summed E-state index contributed by atoms with van der Waals surface area (Å²) < 4.78 is 0. The van der Waals surface area contributed by atoms with Gasteiger partial charge in [0.15, 0.2) is 0 Å². The summed E-state index contributed by atoms with van der Waals surface area (Å²) in [5.74, 6) is 1.22. The molecule has 0 radical (unpaired) electrons. The van der Waals surface area contributed by atoms with Crippen molar-refractivity contribution in [3.63, 3.8) is 0 Å². The van der Waals surface area contributed by atoms with Gasteiger partial charge in [0.25, 0.3) is 0 Å². The van der Waals surface area contributed by atoms with Crippen LogP contribution in [0, 0.1) is 0 Å². The van der Waals surface area contributed by atoms with E-state index in [9.17, 15) is 5.11 Å². The Morgan fingerprint density at radius 1 is 0.857 bits per heavy atom. The zero-order valence-corrected chi connectivity index (χ0v) is 15.3. The van der Waals surface area contributed by atoms with Gasteiger partial charge in [-0.05, 0) is 46.8 Å². The minimum Gasteiger partial charge on any atom is -0.507 e. The molecule has 1 N–H and O–H groups in total. The largest absolute Gasteiger partial charge is 0.507 e. The van der Waals surface area contributed by atoms with Gasteiger partial charge in [0, 0.05) is 5.88 Å². The number of halogens is 1. The molecule has 0 aliphatic rings. The van der Waals surface area contributed by atoms with Crippen molar-refractivity contribution in [3.8, 4) is 5.75 Å². The first-order valence-electron chi connectivity index (χ1n) is 8.00. The van der Waals surface area contributed by atoms with Crippen LogP contribution in [0.5, 0.6) is 5.75 Å². The molecule has 1 aromatic rings. The predicted octanol–water partition coefficient (Wildman–Crippen LogP) is 5.94. The number of phenolic OH excluding ortho intramolecular Hbond substituents is 1. The zero-order chi connectivity index (χ0) is 16.3. The normalized spacial score (nSPS) is 12.7. The molecule has 0 amide bonds. The third kappa shape index (κ3) is 5.21. The maximum Gasteiger partial charge on any atom is 0.123 e. The number of hydrogen-bond donors (Lipinski definition) is 1. The van der Waals surface area contributed by atoms with Crippen LogP contribution in [0.4, 0.5) is 0 Å². The molecule has 0 fully saturated rings. The summed E-state index contributed by atoms with van der Waals surface area (Å²) in [6, 6.07) is 4.37. The molecule has 0 atom stereocenters. The van der Waals surface area contributed by atoms with Gasteiger partial charge in [-0.2, -0.15) is 0 Å². The van der Waals surface area contributed by atoms with Crippen LogP contribution in [0.15, 0.2) is 12.1 Å². The minimum absolute atomic E-state index is 0.0454. The van der Waals surface area contributed by atoms with Gasteiger partial charge in [-0.3, -0.25) is 0 Å². The van der Waals surface area contributed by atoms with Crippen molar-refractivity contribution < 1.29 is 5.11 Å². The third-order valence-electron chi connectivity index (χ3n) is 3.88. The van der Waals surface area contributed by atoms with Gasteiger partial charge in [0.2, 0.25) is 0 Å². The second-order valence-corrected chi connectivity index (χ2v) is 8.42. The molecule has 0 unspecified atom stereocenters. The summed E-state index contributed by atoms with van der Waals surface area (Å²) in [7, 11) is 0. The van der Waals surface area contributed by atoms with Gasteiger partial charge >= 0.3 is 0 Å². The molecular formula is C19H31ClO. The molecular weight excluding hydrogens is 280 g/mol. The van der Waals surface area contributed by atoms with Gasteiger partial charge in [0.05, 0.1) is 0 Å². The van der Waals surface area contributed by atoms with Crippen molar-refractivity contribution in [2.45, 2.75) is 78.1 Å². The number of unbranched alkanes of at least 4 members (excludes halogenated alkanes) is 2. The van der Waals surface area contributed by atoms with Crippen molar-refractivity contribution in [2.75, 3.05) is 5.88 Å². The summed E-state index contributed by atoms with van der Waals surface area (Å²) in [6.45, 7) is 13.0. The Hall–Kier alpha value is -0.690. The first kappa shape index (κ1) is 18.4. The highest BCUT2D eigenvalue weighted by atomic mass is 35.5. The molecule has 2 heteroatoms. The lowest BCUT2D eigenvalue weighted by Crippen LogP contribution is -2.18. The van der Waals surface area contributed by atoms with Crippen LogP contribution in [0.25, 0.3) is 0 Å². The van der Waals surface area contributed by atoms with E-state index in [0.717, 1.165) is 36.3 Å². The summed E-state index contributed by atoms with van der Waals surface area (Å²) in [4.78, 5) is 0. The topological polar surface area (TPSA) is 20.2 Å². The number of alkyl halides is 1. The van der Waals surface area contributed by atoms with Gasteiger partial charge in [0.1, 0.15) is 5.75 Å². The van der Waals surface area contributed by atoms with Crippen molar-refractivity contribution in [1.29, 1.82) is 0 Å². The van der Waals surface area contributed by atoms with E-state index in [2.05, 4.69) is 53.7 Å². The third-order valence-corrected chi connectivity index (χ3v) is 4.15. The van der Waals surface area contributed by atoms with Crippen molar-refractivity contribution in [3.05, 3.63) is 28.8 Å². The van der Waals surface area contributed by atoms with Crippen LogP contribution in [-0.2, 0) is 17.3 Å². The SMILES string of the molecule is CC(C)(C)c1cc(CCCCCCl)cc(C(C)(C)C)c1O. The summed E-state index contributed by atoms with van der Waals surface area (Å²) >= 11 is 5.74. The van der Waals surface area contributed by atoms with Crippen LogP contribution in [-0.4, -0.2) is 11.0 Å². The highest BCUT2D eigenvalue weighted by Crippen LogP contribution is 2.40. The Bertz CT molecular complexity index is 428. The number of hydrogen-bond acceptors (Lipinski definition) is 1. The van der Waals surface area contributed by atoms with E-state index < -0.39 is 0 Å². The molecule has 1 aromatic carbocycles. The van der Waals surface area contributed by atoms with Gasteiger partial charge < -0.3 is 5.11 Å². The molecule has 1 rings (SSSR count). The van der Waals surface area contributed by atoms with E-state index in [1.54, 1.807) is 0 Å². The number of aryl methyl sites for hydroxylation is 1. The highest BCUT2D eigenvalue weighted by Gasteiger charge is 2.26. The average molecular weight is 311 g/mol. The second-order valence-electron chi connectivity index (χ2n) is 8.04. The molecule has 21 heavy (non-hydrogen) atoms. The monoisotopic (exact) mass is 310 g/mol. The number of rotatable bonds is 5. The van der Waals surface area contributed by atoms with E-state index in [0.29, 0.717) is 5.75 Å². The van der Waals surface area contributed by atoms with E-state index in [1.807, 2.05) is 0 Å². The van der Waals surface area contributed by atoms with Crippen molar-refractivity contribution >= 4 is 11.6 Å². The first-order valence-corrected chi connectivity index (χ1v) is 8.53. The molecule has 0 bridgehead atoms. The standard InChI is InChI=1S/C19H31ClO/c1-18(2,3)15-12-14(10-8-7-9-11-20)13-16(17(15)21)19(4,5)6/h12-13,21H,7-11H2,1-6H3. The molecule has 0 spiro atoms. The Kier molecular flexibility index (Phi) is 6.16. The molecule has 0 aliphatic carbocycles. The fourth-order valence-electron chi connectivity index (χ4n) is 2.58. The maximum absolute atomic E-state index is 10.7. The van der Waals surface area contributed by atoms with Gasteiger partial charge in [-0.25, -0.2) is 0 Å². The van der Waals surface area contributed by atoms with Crippen molar-refractivity contribution in [1.82, 2.24) is 0 Å². The summed E-state index contributed by atoms with van der Waals surface area (Å²) in [6.07, 6.45) is 4.46. The van der Waals surface area contributed by atoms with Gasteiger partial charge in [-0.15, -0.1) is 11.6 Å². The van der Waals surface area contributed by atoms with E-state index in [4.69, 9.17) is 11.6 Å². The van der Waals surface area contributed by atoms with E-state index in [-0.39, 0.29) is 10.8 Å². The maximum atomic E-state index is 10.7.